The number of carbonyl (C=O) groups is 1. The van der Waals surface area contributed by atoms with Gasteiger partial charge in [-0.05, 0) is 43.3 Å². The van der Waals surface area contributed by atoms with E-state index in [0.717, 1.165) is 36.7 Å². The van der Waals surface area contributed by atoms with Gasteiger partial charge < -0.3 is 19.7 Å². The summed E-state index contributed by atoms with van der Waals surface area (Å²) in [5.41, 5.74) is 0.786. The lowest BCUT2D eigenvalue weighted by molar-refractivity contribution is -0.890. The number of likely N-dealkylation sites (N-methyl/N-ethyl adjacent to an activating group) is 1. The molecule has 0 aliphatic heterocycles. The van der Waals surface area contributed by atoms with Gasteiger partial charge in [-0.2, -0.15) is 0 Å². The molecule has 5 nitrogen and oxygen atoms in total. The normalized spacial score (nSPS) is 11.6. The molecule has 5 heteroatoms. The van der Waals surface area contributed by atoms with Crippen LogP contribution < -0.4 is 19.7 Å². The Hall–Kier alpha value is -2.53. The molecule has 0 saturated carbocycles. The Bertz CT molecular complexity index is 629. The van der Waals surface area contributed by atoms with Gasteiger partial charge in [0.1, 0.15) is 11.5 Å². The van der Waals surface area contributed by atoms with Crippen LogP contribution in [0.2, 0.25) is 0 Å². The van der Waals surface area contributed by atoms with Gasteiger partial charge >= 0.3 is 0 Å². The van der Waals surface area contributed by atoms with Crippen LogP contribution in [0.5, 0.6) is 11.5 Å². The summed E-state index contributed by atoms with van der Waals surface area (Å²) in [4.78, 5) is 13.4. The molecule has 1 amide bonds. The van der Waals surface area contributed by atoms with Gasteiger partial charge in [-0.3, -0.25) is 4.79 Å². The first-order valence-corrected chi connectivity index (χ1v) is 8.66. The SMILES string of the molecule is CC[NH+](CCCOc1ccccc1)CC(=O)Nc1ccc(OC)cc1. The fourth-order valence-corrected chi connectivity index (χ4v) is 2.53. The molecule has 2 rings (SSSR count). The minimum atomic E-state index is 0.0194. The Morgan fingerprint density at radius 1 is 1.04 bits per heavy atom. The Kier molecular flexibility index (Phi) is 7.79. The molecule has 0 aliphatic rings. The number of rotatable bonds is 10. The molecule has 0 spiro atoms. The summed E-state index contributed by atoms with van der Waals surface area (Å²) in [5, 5.41) is 2.93. The van der Waals surface area contributed by atoms with Gasteiger partial charge in [-0.25, -0.2) is 0 Å². The van der Waals surface area contributed by atoms with Crippen LogP contribution in [0.25, 0.3) is 0 Å². The van der Waals surface area contributed by atoms with E-state index in [2.05, 4.69) is 12.2 Å². The number of carbonyl (C=O) groups excluding carboxylic acids is 1. The topological polar surface area (TPSA) is 52.0 Å². The van der Waals surface area contributed by atoms with Crippen molar-refractivity contribution in [2.75, 3.05) is 38.7 Å². The second-order valence-corrected chi connectivity index (χ2v) is 5.82. The van der Waals surface area contributed by atoms with Crippen molar-refractivity contribution in [3.63, 3.8) is 0 Å². The lowest BCUT2D eigenvalue weighted by Crippen LogP contribution is -3.12. The number of hydrogen-bond donors (Lipinski definition) is 2. The smallest absolute Gasteiger partial charge is 0.279 e. The Morgan fingerprint density at radius 3 is 2.40 bits per heavy atom. The monoisotopic (exact) mass is 343 g/mol. The molecule has 134 valence electrons. The maximum Gasteiger partial charge on any atom is 0.279 e. The zero-order chi connectivity index (χ0) is 17.9. The predicted octanol–water partition coefficient (Wildman–Crippen LogP) is 2.01. The highest BCUT2D eigenvalue weighted by atomic mass is 16.5. The summed E-state index contributed by atoms with van der Waals surface area (Å²) in [5.74, 6) is 1.68. The van der Waals surface area contributed by atoms with Gasteiger partial charge in [-0.1, -0.05) is 18.2 Å². The number of methoxy groups -OCH3 is 1. The van der Waals surface area contributed by atoms with Crippen molar-refractivity contribution in [3.8, 4) is 11.5 Å². The van der Waals surface area contributed by atoms with Crippen LogP contribution in [0.15, 0.2) is 54.6 Å². The average molecular weight is 343 g/mol. The quantitative estimate of drug-likeness (QED) is 0.649. The number of quaternary nitrogens is 1. The van der Waals surface area contributed by atoms with Gasteiger partial charge in [0.25, 0.3) is 5.91 Å². The molecule has 0 radical (unpaired) electrons. The second-order valence-electron chi connectivity index (χ2n) is 5.82. The standard InChI is InChI=1S/C20H26N2O3/c1-3-22(14-7-15-25-19-8-5-4-6-9-19)16-20(23)21-17-10-12-18(24-2)13-11-17/h4-6,8-13H,3,7,14-16H2,1-2H3,(H,21,23)/p+1. The van der Waals surface area contributed by atoms with Crippen molar-refractivity contribution >= 4 is 11.6 Å². The van der Waals surface area contributed by atoms with E-state index in [1.54, 1.807) is 7.11 Å². The number of amides is 1. The lowest BCUT2D eigenvalue weighted by atomic mass is 10.3. The average Bonchev–Trinajstić information content (AvgIpc) is 2.65. The van der Waals surface area contributed by atoms with Crippen molar-refractivity contribution in [1.29, 1.82) is 0 Å². The van der Waals surface area contributed by atoms with E-state index >= 15 is 0 Å². The fraction of sp³-hybridized carbons (Fsp3) is 0.350. The zero-order valence-electron chi connectivity index (χ0n) is 15.0. The third kappa shape index (κ3) is 6.85. The Labute approximate surface area is 149 Å². The fourth-order valence-electron chi connectivity index (χ4n) is 2.53. The van der Waals surface area contributed by atoms with Gasteiger partial charge in [0, 0.05) is 12.1 Å². The molecule has 0 bridgehead atoms. The highest BCUT2D eigenvalue weighted by Crippen LogP contribution is 2.14. The van der Waals surface area contributed by atoms with E-state index in [0.29, 0.717) is 13.2 Å². The first kappa shape index (κ1) is 18.8. The molecule has 2 N–H and O–H groups in total. The molecule has 0 saturated heterocycles. The van der Waals surface area contributed by atoms with Crippen molar-refractivity contribution in [2.24, 2.45) is 0 Å². The molecule has 0 aliphatic carbocycles. The summed E-state index contributed by atoms with van der Waals surface area (Å²) in [6, 6.07) is 17.1. The molecule has 0 fully saturated rings. The van der Waals surface area contributed by atoms with E-state index in [1.165, 1.54) is 4.90 Å². The summed E-state index contributed by atoms with van der Waals surface area (Å²) in [7, 11) is 1.62. The number of hydrogen-bond acceptors (Lipinski definition) is 3. The van der Waals surface area contributed by atoms with E-state index < -0.39 is 0 Å². The minimum Gasteiger partial charge on any atom is -0.497 e. The Morgan fingerprint density at radius 2 is 1.76 bits per heavy atom. The van der Waals surface area contributed by atoms with Crippen LogP contribution >= 0.6 is 0 Å². The third-order valence-electron chi connectivity index (χ3n) is 3.97. The van der Waals surface area contributed by atoms with Gasteiger partial charge in [0.2, 0.25) is 0 Å². The predicted molar refractivity (Wildman–Crippen MR) is 99.4 cm³/mol. The van der Waals surface area contributed by atoms with Crippen molar-refractivity contribution < 1.29 is 19.2 Å². The second kappa shape index (κ2) is 10.4. The van der Waals surface area contributed by atoms with Crippen molar-refractivity contribution in [2.45, 2.75) is 13.3 Å². The number of ether oxygens (including phenoxy) is 2. The van der Waals surface area contributed by atoms with Crippen LogP contribution in [-0.4, -0.2) is 39.3 Å². The minimum absolute atomic E-state index is 0.0194. The van der Waals surface area contributed by atoms with Crippen LogP contribution in [0.1, 0.15) is 13.3 Å². The van der Waals surface area contributed by atoms with Crippen LogP contribution in [-0.2, 0) is 4.79 Å². The van der Waals surface area contributed by atoms with Crippen LogP contribution in [0, 0.1) is 0 Å². The lowest BCUT2D eigenvalue weighted by Gasteiger charge is -2.17. The molecule has 0 aromatic heterocycles. The van der Waals surface area contributed by atoms with Gasteiger partial charge in [-0.15, -0.1) is 0 Å². The summed E-state index contributed by atoms with van der Waals surface area (Å²) >= 11 is 0. The van der Waals surface area contributed by atoms with E-state index in [-0.39, 0.29) is 5.91 Å². The number of anilines is 1. The first-order valence-electron chi connectivity index (χ1n) is 8.66. The van der Waals surface area contributed by atoms with E-state index in [9.17, 15) is 4.79 Å². The highest BCUT2D eigenvalue weighted by molar-refractivity contribution is 5.91. The largest absolute Gasteiger partial charge is 0.497 e. The zero-order valence-corrected chi connectivity index (χ0v) is 15.0. The maximum absolute atomic E-state index is 12.2. The van der Waals surface area contributed by atoms with E-state index in [4.69, 9.17) is 9.47 Å². The summed E-state index contributed by atoms with van der Waals surface area (Å²) in [6.07, 6.45) is 0.911. The van der Waals surface area contributed by atoms with Crippen molar-refractivity contribution in [1.82, 2.24) is 0 Å². The molecule has 2 aromatic carbocycles. The molecule has 1 atom stereocenters. The molecule has 1 unspecified atom stereocenters. The maximum atomic E-state index is 12.2. The van der Waals surface area contributed by atoms with Crippen LogP contribution in [0.3, 0.4) is 0 Å². The van der Waals surface area contributed by atoms with Gasteiger partial charge in [0.05, 0.1) is 26.8 Å². The molecule has 2 aromatic rings. The van der Waals surface area contributed by atoms with Gasteiger partial charge in [0.15, 0.2) is 6.54 Å². The molecular formula is C20H27N2O3+. The number of benzene rings is 2. The molecule has 0 heterocycles. The van der Waals surface area contributed by atoms with Crippen molar-refractivity contribution in [3.05, 3.63) is 54.6 Å². The summed E-state index contributed by atoms with van der Waals surface area (Å²) < 4.78 is 10.8. The first-order chi connectivity index (χ1) is 12.2. The Balaban J connectivity index is 1.69. The molecular weight excluding hydrogens is 316 g/mol. The summed E-state index contributed by atoms with van der Waals surface area (Å²) in [6.45, 7) is 5.01. The third-order valence-corrected chi connectivity index (χ3v) is 3.97. The van der Waals surface area contributed by atoms with Crippen LogP contribution in [0.4, 0.5) is 5.69 Å². The molecule has 25 heavy (non-hydrogen) atoms. The highest BCUT2D eigenvalue weighted by Gasteiger charge is 2.12. The van der Waals surface area contributed by atoms with E-state index in [1.807, 2.05) is 54.6 Å². The number of para-hydroxylation sites is 1. The number of nitrogens with one attached hydrogen (secondary N) is 2.